The molecule has 1 aromatic carbocycles. The molecule has 2 heterocycles. The summed E-state index contributed by atoms with van der Waals surface area (Å²) in [6.45, 7) is 2.26. The van der Waals surface area contributed by atoms with Gasteiger partial charge in [-0.3, -0.25) is 9.36 Å². The summed E-state index contributed by atoms with van der Waals surface area (Å²) in [5.41, 5.74) is 0.725. The van der Waals surface area contributed by atoms with E-state index in [1.165, 1.54) is 37.4 Å². The highest BCUT2D eigenvalue weighted by Gasteiger charge is 2.43. The third-order valence-electron chi connectivity index (χ3n) is 6.69. The Kier molecular flexibility index (Phi) is 5.80. The number of fused-ring (bicyclic) bond motifs is 2. The van der Waals surface area contributed by atoms with Crippen LogP contribution in [0.2, 0.25) is 5.02 Å². The standard InChI is InChI=1S/C23H25ClN4O2S/c1-14(19-12-15-4-5-16(19)11-15)28-22(20-3-2-10-30-20)26-27-23(28)31-13-21(29)25-18-8-6-17(24)7-9-18/h2-3,6-10,14-16,19H,4-5,11-13H2,1H3,(H,25,29). The number of rotatable bonds is 7. The maximum atomic E-state index is 12.5. The second kappa shape index (κ2) is 8.71. The monoisotopic (exact) mass is 456 g/mol. The summed E-state index contributed by atoms with van der Waals surface area (Å²) in [6, 6.07) is 11.1. The Hall–Kier alpha value is -2.25. The van der Waals surface area contributed by atoms with Gasteiger partial charge < -0.3 is 9.73 Å². The Balaban J connectivity index is 1.34. The molecule has 1 amide bonds. The Labute approximate surface area is 190 Å². The first-order chi connectivity index (χ1) is 15.1. The van der Waals surface area contributed by atoms with E-state index in [0.717, 1.165) is 28.5 Å². The molecule has 1 N–H and O–H groups in total. The first-order valence-corrected chi connectivity index (χ1v) is 12.1. The van der Waals surface area contributed by atoms with E-state index >= 15 is 0 Å². The van der Waals surface area contributed by atoms with Crippen molar-refractivity contribution in [2.24, 2.45) is 17.8 Å². The molecular weight excluding hydrogens is 432 g/mol. The van der Waals surface area contributed by atoms with Gasteiger partial charge in [0.2, 0.25) is 11.7 Å². The van der Waals surface area contributed by atoms with Crippen molar-refractivity contribution in [3.63, 3.8) is 0 Å². The number of furan rings is 1. The second-order valence-corrected chi connectivity index (χ2v) is 9.96. The van der Waals surface area contributed by atoms with Crippen LogP contribution in [0.15, 0.2) is 52.2 Å². The maximum absolute atomic E-state index is 12.5. The van der Waals surface area contributed by atoms with Crippen LogP contribution in [-0.2, 0) is 4.79 Å². The van der Waals surface area contributed by atoms with Crippen molar-refractivity contribution in [1.82, 2.24) is 14.8 Å². The molecule has 0 aliphatic heterocycles. The van der Waals surface area contributed by atoms with E-state index in [0.29, 0.717) is 16.7 Å². The van der Waals surface area contributed by atoms with Gasteiger partial charge in [0, 0.05) is 16.8 Å². The molecular formula is C23H25ClN4O2S. The van der Waals surface area contributed by atoms with Crippen molar-refractivity contribution in [3.8, 4) is 11.6 Å². The fourth-order valence-electron chi connectivity index (χ4n) is 5.25. The van der Waals surface area contributed by atoms with Crippen molar-refractivity contribution in [1.29, 1.82) is 0 Å². The highest BCUT2D eigenvalue weighted by atomic mass is 35.5. The minimum atomic E-state index is -0.0889. The Morgan fingerprint density at radius 2 is 2.10 bits per heavy atom. The third-order valence-corrected chi connectivity index (χ3v) is 7.88. The normalized spacial score (nSPS) is 23.2. The van der Waals surface area contributed by atoms with Gasteiger partial charge in [0.05, 0.1) is 12.0 Å². The van der Waals surface area contributed by atoms with E-state index in [1.807, 2.05) is 12.1 Å². The summed E-state index contributed by atoms with van der Waals surface area (Å²) < 4.78 is 7.82. The number of halogens is 1. The van der Waals surface area contributed by atoms with Gasteiger partial charge in [-0.2, -0.15) is 0 Å². The molecule has 2 aliphatic carbocycles. The highest BCUT2D eigenvalue weighted by molar-refractivity contribution is 7.99. The van der Waals surface area contributed by atoms with Crippen molar-refractivity contribution < 1.29 is 9.21 Å². The van der Waals surface area contributed by atoms with E-state index in [4.69, 9.17) is 16.0 Å². The Bertz CT molecular complexity index is 1050. The summed E-state index contributed by atoms with van der Waals surface area (Å²) in [7, 11) is 0. The van der Waals surface area contributed by atoms with Crippen molar-refractivity contribution >= 4 is 35.0 Å². The SMILES string of the molecule is CC(C1CC2CCC1C2)n1c(SCC(=O)Nc2ccc(Cl)cc2)nnc1-c1ccco1. The molecule has 2 aromatic heterocycles. The number of thioether (sulfide) groups is 1. The van der Waals surface area contributed by atoms with E-state index < -0.39 is 0 Å². The molecule has 4 atom stereocenters. The average molecular weight is 457 g/mol. The van der Waals surface area contributed by atoms with Gasteiger partial charge >= 0.3 is 0 Å². The van der Waals surface area contributed by atoms with Crippen LogP contribution in [0.25, 0.3) is 11.6 Å². The Morgan fingerprint density at radius 3 is 2.77 bits per heavy atom. The topological polar surface area (TPSA) is 73.0 Å². The predicted octanol–water partition coefficient (Wildman–Crippen LogP) is 5.92. The lowest BCUT2D eigenvalue weighted by atomic mass is 9.84. The molecule has 8 heteroatoms. The van der Waals surface area contributed by atoms with Crippen LogP contribution >= 0.6 is 23.4 Å². The smallest absolute Gasteiger partial charge is 0.234 e. The number of nitrogens with zero attached hydrogens (tertiary/aromatic N) is 3. The second-order valence-electron chi connectivity index (χ2n) is 8.58. The molecule has 31 heavy (non-hydrogen) atoms. The van der Waals surface area contributed by atoms with Gasteiger partial charge in [0.1, 0.15) is 0 Å². The van der Waals surface area contributed by atoms with E-state index in [1.54, 1.807) is 30.5 Å². The Morgan fingerprint density at radius 1 is 1.26 bits per heavy atom. The van der Waals surface area contributed by atoms with Crippen molar-refractivity contribution in [2.45, 2.75) is 43.8 Å². The van der Waals surface area contributed by atoms with Gasteiger partial charge in [-0.15, -0.1) is 10.2 Å². The number of carbonyl (C=O) groups is 1. The number of nitrogens with one attached hydrogen (secondary N) is 1. The first-order valence-electron chi connectivity index (χ1n) is 10.8. The van der Waals surface area contributed by atoms with E-state index in [-0.39, 0.29) is 17.7 Å². The zero-order chi connectivity index (χ0) is 21.4. The van der Waals surface area contributed by atoms with Crippen LogP contribution in [0.1, 0.15) is 38.6 Å². The summed E-state index contributed by atoms with van der Waals surface area (Å²) in [4.78, 5) is 12.5. The number of benzene rings is 1. The number of anilines is 1. The number of carbonyl (C=O) groups excluding carboxylic acids is 1. The molecule has 0 spiro atoms. The average Bonchev–Trinajstić information content (AvgIpc) is 3.57. The zero-order valence-electron chi connectivity index (χ0n) is 17.3. The summed E-state index contributed by atoms with van der Waals surface area (Å²) >= 11 is 7.33. The quantitative estimate of drug-likeness (QED) is 0.447. The number of hydrogen-bond donors (Lipinski definition) is 1. The van der Waals surface area contributed by atoms with Crippen LogP contribution in [-0.4, -0.2) is 26.4 Å². The number of hydrogen-bond acceptors (Lipinski definition) is 5. The van der Waals surface area contributed by atoms with Crippen LogP contribution in [0, 0.1) is 17.8 Å². The van der Waals surface area contributed by atoms with Crippen LogP contribution in [0.5, 0.6) is 0 Å². The molecule has 5 rings (SSSR count). The molecule has 3 aromatic rings. The molecule has 2 bridgehead atoms. The molecule has 2 aliphatic rings. The van der Waals surface area contributed by atoms with E-state index in [2.05, 4.69) is 27.0 Å². The predicted molar refractivity (Wildman–Crippen MR) is 122 cm³/mol. The number of aromatic nitrogens is 3. The van der Waals surface area contributed by atoms with Gasteiger partial charge in [-0.1, -0.05) is 29.8 Å². The highest BCUT2D eigenvalue weighted by Crippen LogP contribution is 2.52. The van der Waals surface area contributed by atoms with Gasteiger partial charge in [-0.05, 0) is 80.3 Å². The van der Waals surface area contributed by atoms with Gasteiger partial charge in [-0.25, -0.2) is 0 Å². The molecule has 4 unspecified atom stereocenters. The first kappa shape index (κ1) is 20.6. The van der Waals surface area contributed by atoms with Crippen molar-refractivity contribution in [2.75, 3.05) is 11.1 Å². The summed E-state index contributed by atoms with van der Waals surface area (Å²) in [6.07, 6.45) is 6.96. The maximum Gasteiger partial charge on any atom is 0.234 e. The lowest BCUT2D eigenvalue weighted by Gasteiger charge is -2.30. The minimum Gasteiger partial charge on any atom is -0.461 e. The molecule has 162 valence electrons. The molecule has 0 saturated heterocycles. The fourth-order valence-corrected chi connectivity index (χ4v) is 6.20. The fraction of sp³-hybridized carbons (Fsp3) is 0.435. The van der Waals surface area contributed by atoms with Gasteiger partial charge in [0.15, 0.2) is 10.9 Å². The largest absolute Gasteiger partial charge is 0.461 e. The summed E-state index contributed by atoms with van der Waals surface area (Å²) in [5, 5.41) is 13.2. The van der Waals surface area contributed by atoms with E-state index in [9.17, 15) is 4.79 Å². The zero-order valence-corrected chi connectivity index (χ0v) is 18.9. The molecule has 0 radical (unpaired) electrons. The minimum absolute atomic E-state index is 0.0889. The van der Waals surface area contributed by atoms with Crippen LogP contribution < -0.4 is 5.32 Å². The lowest BCUT2D eigenvalue weighted by molar-refractivity contribution is -0.113. The van der Waals surface area contributed by atoms with Gasteiger partial charge in [0.25, 0.3) is 0 Å². The van der Waals surface area contributed by atoms with Crippen LogP contribution in [0.3, 0.4) is 0 Å². The third kappa shape index (κ3) is 4.26. The molecule has 2 saturated carbocycles. The molecule has 2 fully saturated rings. The molecule has 6 nitrogen and oxygen atoms in total. The number of amides is 1. The lowest BCUT2D eigenvalue weighted by Crippen LogP contribution is -2.23. The van der Waals surface area contributed by atoms with Crippen LogP contribution in [0.4, 0.5) is 5.69 Å². The summed E-state index contributed by atoms with van der Waals surface area (Å²) in [5.74, 6) is 3.86. The van der Waals surface area contributed by atoms with Crippen molar-refractivity contribution in [3.05, 3.63) is 47.7 Å².